The van der Waals surface area contributed by atoms with Crippen LogP contribution in [0.15, 0.2) is 17.2 Å². The van der Waals surface area contributed by atoms with Crippen molar-refractivity contribution in [3.05, 3.63) is 22.3 Å². The third kappa shape index (κ3) is 2.48. The number of hydrogen-bond donors (Lipinski definition) is 0. The molecular formula is C5H2Cl3NO2S. The van der Waals surface area contributed by atoms with Gasteiger partial charge in [0.1, 0.15) is 5.15 Å². The lowest BCUT2D eigenvalue weighted by atomic mass is 10.5. The molecule has 12 heavy (non-hydrogen) atoms. The minimum atomic E-state index is -3.86. The molecule has 0 amide bonds. The summed E-state index contributed by atoms with van der Waals surface area (Å²) in [7, 11) is 1.14. The largest absolute Gasteiger partial charge is 0.278 e. The van der Waals surface area contributed by atoms with Crippen molar-refractivity contribution in [1.82, 2.24) is 4.98 Å². The molecule has 0 fully saturated rings. The van der Waals surface area contributed by atoms with E-state index in [9.17, 15) is 8.42 Å². The lowest BCUT2D eigenvalue weighted by Gasteiger charge is -1.96. The van der Waals surface area contributed by atoms with E-state index in [2.05, 4.69) is 4.98 Å². The first-order valence-corrected chi connectivity index (χ1v) is 5.74. The second-order valence-electron chi connectivity index (χ2n) is 1.88. The lowest BCUT2D eigenvalue weighted by Crippen LogP contribution is -1.94. The van der Waals surface area contributed by atoms with Gasteiger partial charge in [-0.05, 0) is 12.1 Å². The summed E-state index contributed by atoms with van der Waals surface area (Å²) in [5.41, 5.74) is 0. The number of nitrogens with zero attached hydrogens (tertiary/aromatic N) is 1. The number of pyridine rings is 1. The van der Waals surface area contributed by atoms with E-state index in [1.54, 1.807) is 0 Å². The van der Waals surface area contributed by atoms with Crippen molar-refractivity contribution in [3.8, 4) is 0 Å². The molecular weight excluding hydrogens is 244 g/mol. The van der Waals surface area contributed by atoms with Crippen LogP contribution in [0.25, 0.3) is 0 Å². The number of rotatable bonds is 1. The van der Waals surface area contributed by atoms with Gasteiger partial charge in [-0.3, -0.25) is 0 Å². The second kappa shape index (κ2) is 3.38. The van der Waals surface area contributed by atoms with Crippen LogP contribution in [0.3, 0.4) is 0 Å². The molecule has 66 valence electrons. The topological polar surface area (TPSA) is 47.0 Å². The molecule has 0 saturated carbocycles. The molecule has 0 aliphatic heterocycles. The van der Waals surface area contributed by atoms with Gasteiger partial charge in [0.15, 0.2) is 5.03 Å². The predicted octanol–water partition coefficient (Wildman–Crippen LogP) is 2.32. The van der Waals surface area contributed by atoms with E-state index in [1.165, 1.54) is 6.07 Å². The van der Waals surface area contributed by atoms with E-state index in [0.717, 1.165) is 6.07 Å². The van der Waals surface area contributed by atoms with Crippen LogP contribution >= 0.6 is 33.9 Å². The Morgan fingerprint density at radius 2 is 1.83 bits per heavy atom. The highest BCUT2D eigenvalue weighted by atomic mass is 35.7. The highest BCUT2D eigenvalue weighted by Gasteiger charge is 2.13. The van der Waals surface area contributed by atoms with Gasteiger partial charge in [-0.2, -0.15) is 0 Å². The van der Waals surface area contributed by atoms with Crippen molar-refractivity contribution in [2.45, 2.75) is 5.03 Å². The zero-order chi connectivity index (χ0) is 9.35. The monoisotopic (exact) mass is 245 g/mol. The first-order chi connectivity index (χ1) is 5.39. The molecule has 0 spiro atoms. The van der Waals surface area contributed by atoms with Crippen LogP contribution in [0.5, 0.6) is 0 Å². The Morgan fingerprint density at radius 3 is 2.25 bits per heavy atom. The maximum absolute atomic E-state index is 10.7. The van der Waals surface area contributed by atoms with Gasteiger partial charge in [-0.15, -0.1) is 0 Å². The van der Waals surface area contributed by atoms with Gasteiger partial charge in [-0.1, -0.05) is 23.2 Å². The quantitative estimate of drug-likeness (QED) is 0.564. The van der Waals surface area contributed by atoms with Gasteiger partial charge >= 0.3 is 0 Å². The summed E-state index contributed by atoms with van der Waals surface area (Å²) in [5.74, 6) is 0. The molecule has 1 rings (SSSR count). The summed E-state index contributed by atoms with van der Waals surface area (Å²) in [6.45, 7) is 0. The molecule has 0 N–H and O–H groups in total. The van der Waals surface area contributed by atoms with Crippen LogP contribution in [-0.2, 0) is 9.05 Å². The average Bonchev–Trinajstić information content (AvgIpc) is 1.82. The summed E-state index contributed by atoms with van der Waals surface area (Å²) < 4.78 is 21.4. The summed E-state index contributed by atoms with van der Waals surface area (Å²) in [4.78, 5) is 3.47. The second-order valence-corrected chi connectivity index (χ2v) is 5.22. The summed E-state index contributed by atoms with van der Waals surface area (Å²) in [6.07, 6.45) is 0. The van der Waals surface area contributed by atoms with Crippen molar-refractivity contribution in [2.75, 3.05) is 0 Å². The molecule has 0 bridgehead atoms. The van der Waals surface area contributed by atoms with Gasteiger partial charge in [-0.25, -0.2) is 13.4 Å². The zero-order valence-corrected chi connectivity index (χ0v) is 8.54. The number of hydrogen-bond acceptors (Lipinski definition) is 3. The van der Waals surface area contributed by atoms with Crippen LogP contribution in [0.2, 0.25) is 10.2 Å². The van der Waals surface area contributed by atoms with Gasteiger partial charge in [0.05, 0.1) is 0 Å². The minimum Gasteiger partial charge on any atom is -0.223 e. The van der Waals surface area contributed by atoms with E-state index in [4.69, 9.17) is 33.9 Å². The molecule has 7 heteroatoms. The maximum Gasteiger partial charge on any atom is 0.278 e. The smallest absolute Gasteiger partial charge is 0.223 e. The van der Waals surface area contributed by atoms with Crippen molar-refractivity contribution in [3.63, 3.8) is 0 Å². The molecule has 0 aliphatic carbocycles. The molecule has 0 aliphatic rings. The van der Waals surface area contributed by atoms with E-state index >= 15 is 0 Å². The highest BCUT2D eigenvalue weighted by molar-refractivity contribution is 8.13. The van der Waals surface area contributed by atoms with Gasteiger partial charge < -0.3 is 0 Å². The molecule has 0 aromatic carbocycles. The van der Waals surface area contributed by atoms with Crippen LogP contribution in [0, 0.1) is 0 Å². The van der Waals surface area contributed by atoms with E-state index in [-0.39, 0.29) is 15.2 Å². The summed E-state index contributed by atoms with van der Waals surface area (Å²) in [5, 5.41) is -0.183. The molecule has 3 nitrogen and oxygen atoms in total. The van der Waals surface area contributed by atoms with Gasteiger partial charge in [0.2, 0.25) is 0 Å². The standard InChI is InChI=1S/C5H2Cl3NO2S/c6-3-1-4(7)9-5(2-3)12(8,10)11/h1-2H. The molecule has 0 saturated heterocycles. The Kier molecular flexibility index (Phi) is 2.83. The summed E-state index contributed by atoms with van der Waals surface area (Å²) in [6, 6.07) is 2.43. The van der Waals surface area contributed by atoms with Crippen molar-refractivity contribution in [1.29, 1.82) is 0 Å². The molecule has 1 aromatic rings. The zero-order valence-electron chi connectivity index (χ0n) is 5.46. The van der Waals surface area contributed by atoms with Crippen LogP contribution in [0.4, 0.5) is 0 Å². The number of halogens is 3. The fourth-order valence-electron chi connectivity index (χ4n) is 0.568. The number of aromatic nitrogens is 1. The Hall–Kier alpha value is -0.0300. The van der Waals surface area contributed by atoms with Crippen molar-refractivity contribution in [2.24, 2.45) is 0 Å². The Balaban J connectivity index is 3.37. The SMILES string of the molecule is O=S(=O)(Cl)c1cc(Cl)cc(Cl)n1. The lowest BCUT2D eigenvalue weighted by molar-refractivity contribution is 0.606. The van der Waals surface area contributed by atoms with E-state index in [1.807, 2.05) is 0 Å². The third-order valence-corrected chi connectivity index (χ3v) is 2.58. The molecule has 1 aromatic heterocycles. The maximum atomic E-state index is 10.7. The Morgan fingerprint density at radius 1 is 1.25 bits per heavy atom. The average molecular weight is 247 g/mol. The fraction of sp³-hybridized carbons (Fsp3) is 0. The molecule has 1 heterocycles. The molecule has 0 unspecified atom stereocenters. The normalized spacial score (nSPS) is 11.6. The van der Waals surface area contributed by atoms with Crippen LogP contribution in [-0.4, -0.2) is 13.4 Å². The fourth-order valence-corrected chi connectivity index (χ4v) is 1.87. The minimum absolute atomic E-state index is 0.0123. The first kappa shape index (κ1) is 10.1. The summed E-state index contributed by atoms with van der Waals surface area (Å²) >= 11 is 10.9. The van der Waals surface area contributed by atoms with Crippen LogP contribution < -0.4 is 0 Å². The van der Waals surface area contributed by atoms with Gasteiger partial charge in [0.25, 0.3) is 9.05 Å². The molecule has 0 atom stereocenters. The third-order valence-electron chi connectivity index (χ3n) is 0.985. The highest BCUT2D eigenvalue weighted by Crippen LogP contribution is 2.20. The van der Waals surface area contributed by atoms with Crippen molar-refractivity contribution >= 4 is 42.9 Å². The predicted molar refractivity (Wildman–Crippen MR) is 47.3 cm³/mol. The van der Waals surface area contributed by atoms with E-state index in [0.29, 0.717) is 0 Å². The van der Waals surface area contributed by atoms with Crippen molar-refractivity contribution < 1.29 is 8.42 Å². The Bertz CT molecular complexity index is 383. The molecule has 0 radical (unpaired) electrons. The first-order valence-electron chi connectivity index (χ1n) is 2.67. The van der Waals surface area contributed by atoms with Gasteiger partial charge in [0, 0.05) is 15.7 Å². The van der Waals surface area contributed by atoms with E-state index < -0.39 is 9.05 Å². The Labute approximate surface area is 83.7 Å². The van der Waals surface area contributed by atoms with Crippen LogP contribution in [0.1, 0.15) is 0 Å².